The van der Waals surface area contributed by atoms with Crippen LogP contribution in [0.25, 0.3) is 11.3 Å². The Labute approximate surface area is 204 Å². The summed E-state index contributed by atoms with van der Waals surface area (Å²) in [7, 11) is 0. The monoisotopic (exact) mass is 466 g/mol. The van der Waals surface area contributed by atoms with E-state index in [1.807, 2.05) is 91.0 Å². The predicted octanol–water partition coefficient (Wildman–Crippen LogP) is 5.55. The summed E-state index contributed by atoms with van der Waals surface area (Å²) >= 11 is 0. The zero-order valence-electron chi connectivity index (χ0n) is 19.2. The lowest BCUT2D eigenvalue weighted by atomic mass is 10.1. The van der Waals surface area contributed by atoms with Crippen LogP contribution in [0.1, 0.15) is 12.0 Å². The molecular weight excluding hydrogens is 440 g/mol. The van der Waals surface area contributed by atoms with Crippen molar-refractivity contribution >= 4 is 6.03 Å². The van der Waals surface area contributed by atoms with Gasteiger partial charge in [-0.15, -0.1) is 5.10 Å². The molecule has 0 bridgehead atoms. The van der Waals surface area contributed by atoms with Crippen molar-refractivity contribution in [2.24, 2.45) is 0 Å². The summed E-state index contributed by atoms with van der Waals surface area (Å²) in [5.41, 5.74) is 2.58. The third kappa shape index (κ3) is 5.65. The van der Waals surface area contributed by atoms with Crippen LogP contribution in [0.5, 0.6) is 11.5 Å². The summed E-state index contributed by atoms with van der Waals surface area (Å²) in [5.74, 6) is 1.50. The molecule has 0 fully saturated rings. The van der Waals surface area contributed by atoms with Crippen LogP contribution in [0.3, 0.4) is 0 Å². The topological polar surface area (TPSA) is 69.5 Å². The van der Waals surface area contributed by atoms with Crippen molar-refractivity contribution in [3.05, 3.63) is 109 Å². The average Bonchev–Trinajstić information content (AvgIpc) is 3.41. The Kier molecular flexibility index (Phi) is 6.96. The average molecular weight is 467 g/mol. The minimum absolute atomic E-state index is 0.151. The van der Waals surface area contributed by atoms with Crippen LogP contribution in [-0.2, 0) is 11.3 Å². The van der Waals surface area contributed by atoms with E-state index in [2.05, 4.69) is 16.4 Å². The first-order valence-electron chi connectivity index (χ1n) is 11.6. The Morgan fingerprint density at radius 1 is 0.914 bits per heavy atom. The highest BCUT2D eigenvalue weighted by atomic mass is 16.5. The Morgan fingerprint density at radius 2 is 1.63 bits per heavy atom. The molecule has 0 saturated heterocycles. The van der Waals surface area contributed by atoms with Crippen LogP contribution >= 0.6 is 0 Å². The molecule has 4 aromatic rings. The van der Waals surface area contributed by atoms with Crippen LogP contribution in [0.15, 0.2) is 103 Å². The Hall–Kier alpha value is -4.23. The summed E-state index contributed by atoms with van der Waals surface area (Å²) in [6.45, 7) is 1.53. The van der Waals surface area contributed by atoms with Gasteiger partial charge in [-0.25, -0.2) is 4.79 Å². The maximum absolute atomic E-state index is 13.2. The van der Waals surface area contributed by atoms with E-state index in [9.17, 15) is 4.79 Å². The molecule has 3 aromatic carbocycles. The van der Waals surface area contributed by atoms with Crippen LogP contribution < -0.4 is 4.74 Å². The molecule has 7 nitrogen and oxygen atoms in total. The zero-order valence-corrected chi connectivity index (χ0v) is 19.2. The third-order valence-electron chi connectivity index (χ3n) is 5.76. The molecule has 1 atom stereocenters. The number of amides is 1. The number of rotatable bonds is 7. The molecule has 0 N–H and O–H groups in total. The van der Waals surface area contributed by atoms with E-state index in [4.69, 9.17) is 9.47 Å². The molecule has 1 aromatic heterocycles. The van der Waals surface area contributed by atoms with E-state index in [0.717, 1.165) is 29.0 Å². The molecule has 2 heterocycles. The van der Waals surface area contributed by atoms with Crippen LogP contribution in [0, 0.1) is 0 Å². The van der Waals surface area contributed by atoms with E-state index < -0.39 is 0 Å². The number of carbonyl (C=O) groups is 1. The number of benzene rings is 3. The predicted molar refractivity (Wildman–Crippen MR) is 133 cm³/mol. The van der Waals surface area contributed by atoms with E-state index in [0.29, 0.717) is 25.5 Å². The van der Waals surface area contributed by atoms with Gasteiger partial charge >= 0.3 is 6.03 Å². The second kappa shape index (κ2) is 10.8. The highest BCUT2D eigenvalue weighted by Crippen LogP contribution is 2.25. The molecule has 1 amide bonds. The molecule has 0 unspecified atom stereocenters. The first kappa shape index (κ1) is 22.6. The Morgan fingerprint density at radius 3 is 2.40 bits per heavy atom. The van der Waals surface area contributed by atoms with Gasteiger partial charge < -0.3 is 14.4 Å². The molecule has 7 heteroatoms. The van der Waals surface area contributed by atoms with Crippen LogP contribution in [0.4, 0.5) is 4.79 Å². The van der Waals surface area contributed by atoms with Crippen molar-refractivity contribution in [1.82, 2.24) is 19.9 Å². The number of para-hydroxylation sites is 1. The number of carbonyl (C=O) groups excluding carboxylic acids is 1. The summed E-state index contributed by atoms with van der Waals surface area (Å²) < 4.78 is 13.0. The van der Waals surface area contributed by atoms with Gasteiger partial charge in [-0.3, -0.25) is 0 Å². The normalized spacial score (nSPS) is 15.2. The van der Waals surface area contributed by atoms with Crippen molar-refractivity contribution in [2.75, 3.05) is 13.2 Å². The summed E-state index contributed by atoms with van der Waals surface area (Å²) in [4.78, 5) is 15.0. The number of hydrogen-bond acceptors (Lipinski definition) is 5. The van der Waals surface area contributed by atoms with Crippen molar-refractivity contribution in [2.45, 2.75) is 19.1 Å². The number of ether oxygens (including phenoxy) is 2. The largest absolute Gasteiger partial charge is 0.457 e. The molecule has 1 aliphatic rings. The van der Waals surface area contributed by atoms with Gasteiger partial charge in [0.2, 0.25) is 0 Å². The highest BCUT2D eigenvalue weighted by Gasteiger charge is 2.26. The number of nitrogens with zero attached hydrogens (tertiary/aromatic N) is 4. The second-order valence-electron chi connectivity index (χ2n) is 8.25. The van der Waals surface area contributed by atoms with Crippen LogP contribution in [-0.4, -0.2) is 45.1 Å². The lowest BCUT2D eigenvalue weighted by molar-refractivity contribution is 0.0748. The minimum Gasteiger partial charge on any atom is -0.457 e. The molecule has 35 heavy (non-hydrogen) atoms. The maximum Gasteiger partial charge on any atom is 0.346 e. The smallest absolute Gasteiger partial charge is 0.346 e. The van der Waals surface area contributed by atoms with Crippen molar-refractivity contribution < 1.29 is 14.3 Å². The third-order valence-corrected chi connectivity index (χ3v) is 5.76. The summed E-state index contributed by atoms with van der Waals surface area (Å²) in [6, 6.07) is 26.8. The van der Waals surface area contributed by atoms with Crippen molar-refractivity contribution in [3.63, 3.8) is 0 Å². The van der Waals surface area contributed by atoms with Gasteiger partial charge in [0.15, 0.2) is 0 Å². The molecule has 0 saturated carbocycles. The van der Waals surface area contributed by atoms with Gasteiger partial charge in [0, 0.05) is 12.1 Å². The molecule has 1 aliphatic heterocycles. The van der Waals surface area contributed by atoms with Gasteiger partial charge in [-0.05, 0) is 48.4 Å². The Balaban J connectivity index is 1.22. The van der Waals surface area contributed by atoms with Crippen molar-refractivity contribution in [1.29, 1.82) is 0 Å². The fourth-order valence-corrected chi connectivity index (χ4v) is 3.93. The molecule has 0 radical (unpaired) electrons. The van der Waals surface area contributed by atoms with E-state index in [1.54, 1.807) is 11.1 Å². The fourth-order valence-electron chi connectivity index (χ4n) is 3.93. The molecular formula is C28H26N4O3. The second-order valence-corrected chi connectivity index (χ2v) is 8.25. The molecule has 0 spiro atoms. The van der Waals surface area contributed by atoms with Crippen molar-refractivity contribution in [3.8, 4) is 22.8 Å². The summed E-state index contributed by atoms with van der Waals surface area (Å²) in [5, 5.41) is 8.32. The molecule has 5 rings (SSSR count). The molecule has 176 valence electrons. The van der Waals surface area contributed by atoms with Crippen LogP contribution in [0.2, 0.25) is 0 Å². The van der Waals surface area contributed by atoms with Gasteiger partial charge in [0.05, 0.1) is 25.5 Å². The minimum atomic E-state index is -0.217. The van der Waals surface area contributed by atoms with E-state index >= 15 is 0 Å². The highest BCUT2D eigenvalue weighted by molar-refractivity contribution is 5.77. The first-order valence-corrected chi connectivity index (χ1v) is 11.6. The van der Waals surface area contributed by atoms with Gasteiger partial charge in [0.1, 0.15) is 17.2 Å². The lowest BCUT2D eigenvalue weighted by Gasteiger charge is -2.31. The van der Waals surface area contributed by atoms with E-state index in [-0.39, 0.29) is 12.1 Å². The van der Waals surface area contributed by atoms with Gasteiger partial charge in [0.25, 0.3) is 0 Å². The van der Waals surface area contributed by atoms with Gasteiger partial charge in [-0.2, -0.15) is 4.68 Å². The van der Waals surface area contributed by atoms with Gasteiger partial charge in [-0.1, -0.05) is 65.9 Å². The molecule has 0 aliphatic carbocycles. The first-order chi connectivity index (χ1) is 17.3. The SMILES string of the molecule is O=C(N1CCC=C[C@@H]1COCc1ccccc1)n1cc(-c2ccc(Oc3ccccc3)cc2)nn1. The van der Waals surface area contributed by atoms with E-state index in [1.165, 1.54) is 4.68 Å². The zero-order chi connectivity index (χ0) is 23.9. The maximum atomic E-state index is 13.2. The summed E-state index contributed by atoms with van der Waals surface area (Å²) in [6.07, 6.45) is 6.57. The lowest BCUT2D eigenvalue weighted by Crippen LogP contribution is -2.46. The quantitative estimate of drug-likeness (QED) is 0.334. The Bertz CT molecular complexity index is 1270. The fraction of sp³-hybridized carbons (Fsp3) is 0.179. The number of aromatic nitrogens is 3. The standard InChI is InChI=1S/C28H26N4O3/c33-28(31-18-8-7-11-24(31)21-34-20-22-9-3-1-4-10-22)32-19-27(29-30-32)23-14-16-26(17-15-23)35-25-12-5-2-6-13-25/h1-7,9-17,19,24H,8,18,20-21H2/t24-/m1/s1. The number of hydrogen-bond donors (Lipinski definition) is 0.